The van der Waals surface area contributed by atoms with Crippen molar-refractivity contribution in [3.63, 3.8) is 0 Å². The second kappa shape index (κ2) is 9.71. The molecule has 2 N–H and O–H groups in total. The van der Waals surface area contributed by atoms with E-state index in [4.69, 9.17) is 14.5 Å². The summed E-state index contributed by atoms with van der Waals surface area (Å²) in [5, 5.41) is 6.66. The summed E-state index contributed by atoms with van der Waals surface area (Å²) in [6.45, 7) is 3.51. The van der Waals surface area contributed by atoms with Gasteiger partial charge in [-0.3, -0.25) is 0 Å². The van der Waals surface area contributed by atoms with Gasteiger partial charge in [-0.2, -0.15) is 4.98 Å². The van der Waals surface area contributed by atoms with Crippen LogP contribution in [0, 0.1) is 6.92 Å². The van der Waals surface area contributed by atoms with Crippen molar-refractivity contribution < 1.29 is 9.47 Å². The molecule has 28 heavy (non-hydrogen) atoms. The quantitative estimate of drug-likeness (QED) is 0.528. The molecule has 0 atom stereocenters. The number of ether oxygens (including phenoxy) is 2. The minimum Gasteiger partial charge on any atom is -0.495 e. The van der Waals surface area contributed by atoms with E-state index in [1.54, 1.807) is 14.2 Å². The van der Waals surface area contributed by atoms with Crippen LogP contribution in [0.1, 0.15) is 12.0 Å². The normalized spacial score (nSPS) is 10.5. The number of benzene rings is 2. The second-order valence-electron chi connectivity index (χ2n) is 6.43. The van der Waals surface area contributed by atoms with E-state index in [0.29, 0.717) is 12.6 Å². The molecule has 0 aliphatic carbocycles. The number of hydrogen-bond acceptors (Lipinski definition) is 6. The summed E-state index contributed by atoms with van der Waals surface area (Å²) in [5.74, 6) is 2.02. The molecular weight excluding hydrogens is 352 g/mol. The van der Waals surface area contributed by atoms with E-state index in [1.165, 1.54) is 0 Å². The number of hydrogen-bond donors (Lipinski definition) is 2. The van der Waals surface area contributed by atoms with Gasteiger partial charge in [0.1, 0.15) is 11.6 Å². The molecule has 0 fully saturated rings. The van der Waals surface area contributed by atoms with Crippen LogP contribution in [0.3, 0.4) is 0 Å². The molecule has 0 amide bonds. The van der Waals surface area contributed by atoms with Gasteiger partial charge in [-0.15, -0.1) is 0 Å². The summed E-state index contributed by atoms with van der Waals surface area (Å²) in [7, 11) is 3.36. The van der Waals surface area contributed by atoms with Gasteiger partial charge in [0.05, 0.1) is 18.5 Å². The van der Waals surface area contributed by atoms with Gasteiger partial charge in [0.15, 0.2) is 0 Å². The Labute approximate surface area is 166 Å². The van der Waals surface area contributed by atoms with Crippen LogP contribution in [0.4, 0.5) is 17.5 Å². The number of anilines is 3. The second-order valence-corrected chi connectivity index (χ2v) is 6.43. The fourth-order valence-corrected chi connectivity index (χ4v) is 2.82. The fraction of sp³-hybridized carbons (Fsp3) is 0.273. The molecule has 0 unspecified atom stereocenters. The molecule has 0 radical (unpaired) electrons. The molecule has 6 nitrogen and oxygen atoms in total. The monoisotopic (exact) mass is 378 g/mol. The first-order valence-electron chi connectivity index (χ1n) is 9.28. The highest BCUT2D eigenvalue weighted by atomic mass is 16.5. The topological polar surface area (TPSA) is 68.3 Å². The summed E-state index contributed by atoms with van der Waals surface area (Å²) in [4.78, 5) is 9.33. The Hall–Kier alpha value is -3.12. The highest BCUT2D eigenvalue weighted by Crippen LogP contribution is 2.29. The Morgan fingerprint density at radius 3 is 2.54 bits per heavy atom. The molecule has 0 bridgehead atoms. The maximum absolute atomic E-state index is 5.46. The molecule has 0 spiro atoms. The first kappa shape index (κ1) is 19.6. The standard InChI is InChI=1S/C22H26N4O2/c1-16-10-11-20(28-3)19(14-16)25-22-24-18(17-8-5-4-6-9-17)15-21(26-22)23-12-7-13-27-2/h4-6,8-11,14-15H,7,12-13H2,1-3H3,(H2,23,24,25,26). The zero-order chi connectivity index (χ0) is 19.8. The van der Waals surface area contributed by atoms with Gasteiger partial charge in [-0.1, -0.05) is 36.4 Å². The number of aromatic nitrogens is 2. The SMILES string of the molecule is COCCCNc1cc(-c2ccccc2)nc(Nc2cc(C)ccc2OC)n1. The number of methoxy groups -OCH3 is 2. The minimum absolute atomic E-state index is 0.513. The molecular formula is C22H26N4O2. The molecule has 0 aliphatic heterocycles. The lowest BCUT2D eigenvalue weighted by Gasteiger charge is -2.14. The van der Waals surface area contributed by atoms with E-state index in [-0.39, 0.29) is 0 Å². The maximum atomic E-state index is 5.46. The van der Waals surface area contributed by atoms with Crippen LogP contribution >= 0.6 is 0 Å². The van der Waals surface area contributed by atoms with Crippen molar-refractivity contribution in [1.82, 2.24) is 9.97 Å². The average molecular weight is 378 g/mol. The Morgan fingerprint density at radius 1 is 0.964 bits per heavy atom. The van der Waals surface area contributed by atoms with Crippen LogP contribution in [0.2, 0.25) is 0 Å². The van der Waals surface area contributed by atoms with Gasteiger partial charge in [0.25, 0.3) is 0 Å². The van der Waals surface area contributed by atoms with Gasteiger partial charge in [0.2, 0.25) is 5.95 Å². The van der Waals surface area contributed by atoms with Crippen molar-refractivity contribution in [2.45, 2.75) is 13.3 Å². The Bertz CT molecular complexity index is 900. The molecule has 0 saturated heterocycles. The largest absolute Gasteiger partial charge is 0.495 e. The predicted molar refractivity (Wildman–Crippen MR) is 113 cm³/mol. The summed E-state index contributed by atoms with van der Waals surface area (Å²) in [5.41, 5.74) is 3.83. The third kappa shape index (κ3) is 5.20. The Balaban J connectivity index is 1.92. The molecule has 146 valence electrons. The third-order valence-electron chi connectivity index (χ3n) is 4.23. The molecule has 6 heteroatoms. The van der Waals surface area contributed by atoms with E-state index in [0.717, 1.165) is 47.0 Å². The van der Waals surface area contributed by atoms with E-state index in [9.17, 15) is 0 Å². The molecule has 3 aromatic rings. The number of rotatable bonds is 9. The average Bonchev–Trinajstić information content (AvgIpc) is 2.72. The van der Waals surface area contributed by atoms with Crippen molar-refractivity contribution >= 4 is 17.5 Å². The van der Waals surface area contributed by atoms with E-state index in [1.807, 2.05) is 61.5 Å². The zero-order valence-corrected chi connectivity index (χ0v) is 16.5. The summed E-state index contributed by atoms with van der Waals surface area (Å²) in [6.07, 6.45) is 0.898. The maximum Gasteiger partial charge on any atom is 0.229 e. The van der Waals surface area contributed by atoms with Crippen molar-refractivity contribution in [1.29, 1.82) is 0 Å². The smallest absolute Gasteiger partial charge is 0.229 e. The van der Waals surface area contributed by atoms with Crippen LogP contribution in [-0.4, -0.2) is 37.3 Å². The molecule has 2 aromatic carbocycles. The fourth-order valence-electron chi connectivity index (χ4n) is 2.82. The summed E-state index contributed by atoms with van der Waals surface area (Å²) in [6, 6.07) is 18.0. The lowest BCUT2D eigenvalue weighted by atomic mass is 10.1. The molecule has 1 heterocycles. The highest BCUT2D eigenvalue weighted by Gasteiger charge is 2.10. The number of nitrogens with zero attached hydrogens (tertiary/aromatic N) is 2. The van der Waals surface area contributed by atoms with Gasteiger partial charge < -0.3 is 20.1 Å². The van der Waals surface area contributed by atoms with E-state index < -0.39 is 0 Å². The van der Waals surface area contributed by atoms with Crippen LogP contribution in [-0.2, 0) is 4.74 Å². The van der Waals surface area contributed by atoms with Gasteiger partial charge >= 0.3 is 0 Å². The van der Waals surface area contributed by atoms with Crippen molar-refractivity contribution in [2.24, 2.45) is 0 Å². The zero-order valence-electron chi connectivity index (χ0n) is 16.5. The Morgan fingerprint density at radius 2 is 1.79 bits per heavy atom. The molecule has 1 aromatic heterocycles. The number of nitrogens with one attached hydrogen (secondary N) is 2. The molecule has 0 saturated carbocycles. The van der Waals surface area contributed by atoms with Gasteiger partial charge in [-0.05, 0) is 31.0 Å². The molecule has 3 rings (SSSR count). The first-order valence-corrected chi connectivity index (χ1v) is 9.28. The lowest BCUT2D eigenvalue weighted by Crippen LogP contribution is -2.08. The van der Waals surface area contributed by atoms with Gasteiger partial charge in [0, 0.05) is 31.9 Å². The third-order valence-corrected chi connectivity index (χ3v) is 4.23. The van der Waals surface area contributed by atoms with Crippen molar-refractivity contribution in [2.75, 3.05) is 38.0 Å². The summed E-state index contributed by atoms with van der Waals surface area (Å²) < 4.78 is 10.6. The van der Waals surface area contributed by atoms with Crippen LogP contribution < -0.4 is 15.4 Å². The van der Waals surface area contributed by atoms with Crippen LogP contribution in [0.15, 0.2) is 54.6 Å². The number of aryl methyl sites for hydroxylation is 1. The lowest BCUT2D eigenvalue weighted by molar-refractivity contribution is 0.198. The van der Waals surface area contributed by atoms with Crippen LogP contribution in [0.25, 0.3) is 11.3 Å². The predicted octanol–water partition coefficient (Wildman–Crippen LogP) is 4.65. The van der Waals surface area contributed by atoms with Crippen molar-refractivity contribution in [3.8, 4) is 17.0 Å². The van der Waals surface area contributed by atoms with Crippen molar-refractivity contribution in [3.05, 3.63) is 60.2 Å². The van der Waals surface area contributed by atoms with Crippen LogP contribution in [0.5, 0.6) is 5.75 Å². The summed E-state index contributed by atoms with van der Waals surface area (Å²) >= 11 is 0. The highest BCUT2D eigenvalue weighted by molar-refractivity contribution is 5.68. The van der Waals surface area contributed by atoms with E-state index in [2.05, 4.69) is 15.6 Å². The van der Waals surface area contributed by atoms with Gasteiger partial charge in [-0.25, -0.2) is 4.98 Å². The molecule has 0 aliphatic rings. The Kier molecular flexibility index (Phi) is 6.81. The minimum atomic E-state index is 0.513. The van der Waals surface area contributed by atoms with E-state index >= 15 is 0 Å². The first-order chi connectivity index (χ1) is 13.7.